The summed E-state index contributed by atoms with van der Waals surface area (Å²) >= 11 is 0. The molecule has 0 unspecified atom stereocenters. The van der Waals surface area contributed by atoms with Gasteiger partial charge in [0.2, 0.25) is 15.9 Å². The van der Waals surface area contributed by atoms with E-state index in [1.165, 1.54) is 19.1 Å². The van der Waals surface area contributed by atoms with Crippen molar-refractivity contribution in [3.05, 3.63) is 24.0 Å². The molecular weight excluding hydrogens is 335 g/mol. The monoisotopic (exact) mass is 358 g/mol. The molecule has 1 aliphatic carbocycles. The molecule has 2 N–H and O–H groups in total. The van der Waals surface area contributed by atoms with Gasteiger partial charge in [0.15, 0.2) is 11.6 Å². The smallest absolute Gasteiger partial charge is 0.240 e. The third-order valence-electron chi connectivity index (χ3n) is 3.83. The topological polar surface area (TPSA) is 84.5 Å². The van der Waals surface area contributed by atoms with Crippen molar-refractivity contribution in [3.8, 4) is 5.75 Å². The summed E-state index contributed by atoms with van der Waals surface area (Å²) in [5.41, 5.74) is 0. The van der Waals surface area contributed by atoms with Crippen molar-refractivity contribution in [1.29, 1.82) is 0 Å². The number of sulfonamides is 1. The summed E-state index contributed by atoms with van der Waals surface area (Å²) in [4.78, 5) is 10.6. The highest BCUT2D eigenvalue weighted by atomic mass is 32.2. The molecule has 0 radical (unpaired) electrons. The van der Waals surface area contributed by atoms with Gasteiger partial charge in [-0.2, -0.15) is 0 Å². The number of hydrogen-bond acceptors (Lipinski definition) is 4. The molecular formula is C16H23FN2O4S. The van der Waals surface area contributed by atoms with Crippen molar-refractivity contribution in [1.82, 2.24) is 10.0 Å². The second kappa shape index (κ2) is 8.43. The Morgan fingerprint density at radius 1 is 1.29 bits per heavy atom. The van der Waals surface area contributed by atoms with Crippen LogP contribution in [0.2, 0.25) is 0 Å². The normalized spacial score (nSPS) is 15.4. The number of rotatable bonds is 8. The predicted molar refractivity (Wildman–Crippen MR) is 87.8 cm³/mol. The molecule has 0 spiro atoms. The highest BCUT2D eigenvalue weighted by molar-refractivity contribution is 7.89. The van der Waals surface area contributed by atoms with E-state index < -0.39 is 15.8 Å². The molecule has 0 atom stereocenters. The number of hydrogen-bond donors (Lipinski definition) is 2. The van der Waals surface area contributed by atoms with Crippen LogP contribution >= 0.6 is 0 Å². The van der Waals surface area contributed by atoms with Gasteiger partial charge in [0, 0.05) is 20.0 Å². The Morgan fingerprint density at radius 3 is 2.62 bits per heavy atom. The second-order valence-corrected chi connectivity index (χ2v) is 7.62. The SMILES string of the molecule is CC(=O)NCCCNS(=O)(=O)c1ccc(OC2CCCC2)c(F)c1. The number of ether oxygens (including phenoxy) is 1. The number of carbonyl (C=O) groups is 1. The van der Waals surface area contributed by atoms with Crippen molar-refractivity contribution in [2.24, 2.45) is 0 Å². The van der Waals surface area contributed by atoms with E-state index >= 15 is 0 Å². The van der Waals surface area contributed by atoms with Crippen LogP contribution in [0.25, 0.3) is 0 Å². The van der Waals surface area contributed by atoms with Crippen molar-refractivity contribution in [3.63, 3.8) is 0 Å². The van der Waals surface area contributed by atoms with Crippen LogP contribution in [-0.4, -0.2) is 33.5 Å². The van der Waals surface area contributed by atoms with Gasteiger partial charge in [-0.15, -0.1) is 0 Å². The second-order valence-electron chi connectivity index (χ2n) is 5.85. The van der Waals surface area contributed by atoms with E-state index in [0.717, 1.165) is 31.7 Å². The lowest BCUT2D eigenvalue weighted by atomic mass is 10.3. The number of carbonyl (C=O) groups excluding carboxylic acids is 1. The van der Waals surface area contributed by atoms with Gasteiger partial charge in [0.05, 0.1) is 11.0 Å². The Kier molecular flexibility index (Phi) is 6.56. The number of benzene rings is 1. The molecule has 0 bridgehead atoms. The van der Waals surface area contributed by atoms with Crippen LogP contribution in [0.3, 0.4) is 0 Å². The van der Waals surface area contributed by atoms with Crippen molar-refractivity contribution < 1.29 is 22.3 Å². The van der Waals surface area contributed by atoms with E-state index in [1.54, 1.807) is 0 Å². The minimum absolute atomic E-state index is 0.00820. The predicted octanol–water partition coefficient (Wildman–Crippen LogP) is 1.95. The molecule has 0 saturated heterocycles. The van der Waals surface area contributed by atoms with Gasteiger partial charge in [-0.25, -0.2) is 17.5 Å². The fraction of sp³-hybridized carbons (Fsp3) is 0.562. The molecule has 1 saturated carbocycles. The molecule has 134 valence electrons. The summed E-state index contributed by atoms with van der Waals surface area (Å²) in [6, 6.07) is 3.67. The Morgan fingerprint density at radius 2 is 2.00 bits per heavy atom. The van der Waals surface area contributed by atoms with E-state index in [-0.39, 0.29) is 29.2 Å². The maximum atomic E-state index is 14.1. The van der Waals surface area contributed by atoms with Gasteiger partial charge in [-0.05, 0) is 50.3 Å². The minimum Gasteiger partial charge on any atom is -0.487 e. The maximum Gasteiger partial charge on any atom is 0.240 e. The number of amides is 1. The molecule has 1 amide bonds. The first-order valence-corrected chi connectivity index (χ1v) is 9.57. The van der Waals surface area contributed by atoms with Gasteiger partial charge in [-0.1, -0.05) is 0 Å². The number of halogens is 1. The van der Waals surface area contributed by atoms with Crippen molar-refractivity contribution in [2.75, 3.05) is 13.1 Å². The Labute approximate surface area is 141 Å². The zero-order chi connectivity index (χ0) is 17.6. The van der Waals surface area contributed by atoms with E-state index in [2.05, 4.69) is 10.0 Å². The van der Waals surface area contributed by atoms with E-state index in [9.17, 15) is 17.6 Å². The standard InChI is InChI=1S/C16H23FN2O4S/c1-12(20)18-9-4-10-19-24(21,22)14-7-8-16(15(17)11-14)23-13-5-2-3-6-13/h7-8,11,13,19H,2-6,9-10H2,1H3,(H,18,20). The van der Waals surface area contributed by atoms with Crippen LogP contribution in [0.5, 0.6) is 5.75 Å². The summed E-state index contributed by atoms with van der Waals surface area (Å²) < 4.78 is 46.3. The van der Waals surface area contributed by atoms with Crippen molar-refractivity contribution >= 4 is 15.9 Å². The molecule has 0 aliphatic heterocycles. The lowest BCUT2D eigenvalue weighted by Crippen LogP contribution is -2.29. The first-order valence-electron chi connectivity index (χ1n) is 8.09. The highest BCUT2D eigenvalue weighted by Gasteiger charge is 2.20. The van der Waals surface area contributed by atoms with Crippen molar-refractivity contribution in [2.45, 2.75) is 50.0 Å². The minimum atomic E-state index is -3.79. The van der Waals surface area contributed by atoms with Gasteiger partial charge in [-0.3, -0.25) is 4.79 Å². The van der Waals surface area contributed by atoms with Gasteiger partial charge < -0.3 is 10.1 Å². The van der Waals surface area contributed by atoms with Crippen LogP contribution in [-0.2, 0) is 14.8 Å². The summed E-state index contributed by atoms with van der Waals surface area (Å²) in [7, 11) is -3.79. The van der Waals surface area contributed by atoms with Crippen LogP contribution < -0.4 is 14.8 Å². The average Bonchev–Trinajstić information content (AvgIpc) is 3.01. The lowest BCUT2D eigenvalue weighted by molar-refractivity contribution is -0.118. The third-order valence-corrected chi connectivity index (χ3v) is 5.29. The maximum absolute atomic E-state index is 14.1. The summed E-state index contributed by atoms with van der Waals surface area (Å²) in [6.07, 6.45) is 4.39. The molecule has 8 heteroatoms. The molecule has 2 rings (SSSR count). The Hall–Kier alpha value is -1.67. The average molecular weight is 358 g/mol. The van der Waals surface area contributed by atoms with Crippen LogP contribution in [0.4, 0.5) is 4.39 Å². The van der Waals surface area contributed by atoms with E-state index in [4.69, 9.17) is 4.74 Å². The third kappa shape index (κ3) is 5.45. The zero-order valence-corrected chi connectivity index (χ0v) is 14.5. The molecule has 1 aromatic carbocycles. The molecule has 0 aromatic heterocycles. The fourth-order valence-electron chi connectivity index (χ4n) is 2.57. The molecule has 1 fully saturated rings. The largest absolute Gasteiger partial charge is 0.487 e. The first kappa shape index (κ1) is 18.7. The molecule has 6 nitrogen and oxygen atoms in total. The van der Waals surface area contributed by atoms with E-state index in [1.807, 2.05) is 0 Å². The lowest BCUT2D eigenvalue weighted by Gasteiger charge is -2.14. The molecule has 1 aliphatic rings. The zero-order valence-electron chi connectivity index (χ0n) is 13.7. The van der Waals surface area contributed by atoms with Gasteiger partial charge >= 0.3 is 0 Å². The number of nitrogens with one attached hydrogen (secondary N) is 2. The van der Waals surface area contributed by atoms with Gasteiger partial charge in [0.1, 0.15) is 0 Å². The first-order chi connectivity index (χ1) is 11.4. The molecule has 24 heavy (non-hydrogen) atoms. The summed E-state index contributed by atoms with van der Waals surface area (Å²) in [6.45, 7) is 1.92. The van der Waals surface area contributed by atoms with E-state index in [0.29, 0.717) is 13.0 Å². The quantitative estimate of drug-likeness (QED) is 0.696. The molecule has 1 aromatic rings. The van der Waals surface area contributed by atoms with Crippen LogP contribution in [0, 0.1) is 5.82 Å². The summed E-state index contributed by atoms with van der Waals surface area (Å²) in [5, 5.41) is 2.57. The Bertz CT molecular complexity index is 673. The Balaban J connectivity index is 1.92. The fourth-order valence-corrected chi connectivity index (χ4v) is 3.66. The molecule has 0 heterocycles. The van der Waals surface area contributed by atoms with Crippen LogP contribution in [0.15, 0.2) is 23.1 Å². The van der Waals surface area contributed by atoms with Crippen LogP contribution in [0.1, 0.15) is 39.0 Å². The van der Waals surface area contributed by atoms with Gasteiger partial charge in [0.25, 0.3) is 0 Å². The summed E-state index contributed by atoms with van der Waals surface area (Å²) in [5.74, 6) is -0.757. The highest BCUT2D eigenvalue weighted by Crippen LogP contribution is 2.27.